The largest absolute Gasteiger partial charge is 0.399 e. The summed E-state index contributed by atoms with van der Waals surface area (Å²) in [5.41, 5.74) is 7.55. The van der Waals surface area contributed by atoms with Crippen LogP contribution in [0.25, 0.3) is 0 Å². The van der Waals surface area contributed by atoms with E-state index in [9.17, 15) is 4.79 Å². The summed E-state index contributed by atoms with van der Waals surface area (Å²) in [6, 6.07) is 11.5. The van der Waals surface area contributed by atoms with Gasteiger partial charge in [0.1, 0.15) is 5.78 Å². The van der Waals surface area contributed by atoms with Crippen molar-refractivity contribution in [3.05, 3.63) is 51.2 Å². The van der Waals surface area contributed by atoms with Gasteiger partial charge in [0.15, 0.2) is 0 Å². The van der Waals surface area contributed by atoms with Gasteiger partial charge in [-0.1, -0.05) is 30.7 Å². The minimum Gasteiger partial charge on any atom is -0.399 e. The summed E-state index contributed by atoms with van der Waals surface area (Å²) < 4.78 is 0.731. The van der Waals surface area contributed by atoms with Crippen molar-refractivity contribution >= 4 is 34.4 Å². The highest BCUT2D eigenvalue weighted by Gasteiger charge is 2.12. The first-order valence-corrected chi connectivity index (χ1v) is 7.35. The lowest BCUT2D eigenvalue weighted by Crippen LogP contribution is -2.06. The van der Waals surface area contributed by atoms with Crippen LogP contribution < -0.4 is 5.73 Å². The highest BCUT2D eigenvalue weighted by Crippen LogP contribution is 2.24. The smallest absolute Gasteiger partial charge is 0.138 e. The maximum atomic E-state index is 12.0. The summed E-state index contributed by atoms with van der Waals surface area (Å²) in [5, 5.41) is 0. The van der Waals surface area contributed by atoms with Crippen molar-refractivity contribution in [2.24, 2.45) is 0 Å². The van der Waals surface area contributed by atoms with E-state index in [1.165, 1.54) is 11.3 Å². The minimum atomic E-state index is 0.212. The van der Waals surface area contributed by atoms with E-state index in [2.05, 4.69) is 6.92 Å². The lowest BCUT2D eigenvalue weighted by atomic mass is 9.94. The van der Waals surface area contributed by atoms with Crippen LogP contribution in [0.5, 0.6) is 0 Å². The van der Waals surface area contributed by atoms with Crippen LogP contribution in [-0.4, -0.2) is 5.78 Å². The lowest BCUT2D eigenvalue weighted by molar-refractivity contribution is -0.118. The molecule has 1 heterocycles. The Morgan fingerprint density at radius 3 is 2.53 bits per heavy atom. The van der Waals surface area contributed by atoms with Gasteiger partial charge < -0.3 is 5.73 Å². The molecule has 0 saturated carbocycles. The summed E-state index contributed by atoms with van der Waals surface area (Å²) in [5.74, 6) is 0.450. The molecule has 0 saturated heterocycles. The number of hydrogen-bond donors (Lipinski definition) is 1. The van der Waals surface area contributed by atoms with Crippen molar-refractivity contribution in [1.82, 2.24) is 0 Å². The van der Waals surface area contributed by atoms with E-state index in [-0.39, 0.29) is 11.7 Å². The van der Waals surface area contributed by atoms with Gasteiger partial charge in [0.2, 0.25) is 0 Å². The summed E-state index contributed by atoms with van der Waals surface area (Å²) in [7, 11) is 0. The molecule has 100 valence electrons. The van der Waals surface area contributed by atoms with Crippen molar-refractivity contribution in [3.8, 4) is 0 Å². The Balaban J connectivity index is 1.93. The van der Waals surface area contributed by atoms with Gasteiger partial charge in [-0.15, -0.1) is 11.3 Å². The quantitative estimate of drug-likeness (QED) is 0.836. The molecule has 2 rings (SSSR count). The van der Waals surface area contributed by atoms with Gasteiger partial charge in [0.05, 0.1) is 4.34 Å². The Morgan fingerprint density at radius 2 is 1.95 bits per heavy atom. The summed E-state index contributed by atoms with van der Waals surface area (Å²) in [6.07, 6.45) is 1.01. The molecular formula is C15H16ClNOS. The first kappa shape index (κ1) is 14.1. The first-order chi connectivity index (χ1) is 9.04. The molecule has 2 N–H and O–H groups in total. The van der Waals surface area contributed by atoms with Crippen LogP contribution in [0.4, 0.5) is 5.69 Å². The number of rotatable bonds is 5. The monoisotopic (exact) mass is 293 g/mol. The molecule has 0 radical (unpaired) electrons. The number of hydrogen-bond acceptors (Lipinski definition) is 3. The molecule has 0 fully saturated rings. The molecule has 0 amide bonds. The third kappa shape index (κ3) is 4.08. The van der Waals surface area contributed by atoms with Gasteiger partial charge in [-0.25, -0.2) is 0 Å². The highest BCUT2D eigenvalue weighted by atomic mass is 35.5. The van der Waals surface area contributed by atoms with Crippen molar-refractivity contribution < 1.29 is 4.79 Å². The number of nitrogens with two attached hydrogens (primary N) is 1. The molecule has 0 aliphatic carbocycles. The maximum Gasteiger partial charge on any atom is 0.138 e. The number of carbonyl (C=O) groups is 1. The zero-order valence-corrected chi connectivity index (χ0v) is 12.3. The fourth-order valence-electron chi connectivity index (χ4n) is 2.00. The molecule has 0 spiro atoms. The van der Waals surface area contributed by atoms with Gasteiger partial charge in [0.25, 0.3) is 0 Å². The molecular weight excluding hydrogens is 278 g/mol. The van der Waals surface area contributed by atoms with Crippen LogP contribution in [0.15, 0.2) is 36.4 Å². The van der Waals surface area contributed by atoms with E-state index in [0.29, 0.717) is 12.8 Å². The molecule has 1 aromatic carbocycles. The molecule has 1 unspecified atom stereocenters. The number of thiophene rings is 1. The second kappa shape index (κ2) is 6.22. The summed E-state index contributed by atoms with van der Waals surface area (Å²) >= 11 is 7.32. The lowest BCUT2D eigenvalue weighted by Gasteiger charge is -2.11. The number of ketones is 1. The van der Waals surface area contributed by atoms with Crippen LogP contribution in [-0.2, 0) is 11.2 Å². The van der Waals surface area contributed by atoms with E-state index in [4.69, 9.17) is 17.3 Å². The Labute approximate surface area is 122 Å². The topological polar surface area (TPSA) is 43.1 Å². The van der Waals surface area contributed by atoms with E-state index < -0.39 is 0 Å². The number of nitrogen functional groups attached to an aromatic ring is 1. The Kier molecular flexibility index (Phi) is 4.61. The normalized spacial score (nSPS) is 12.3. The Morgan fingerprint density at radius 1 is 1.26 bits per heavy atom. The van der Waals surface area contributed by atoms with Gasteiger partial charge in [-0.3, -0.25) is 4.79 Å². The van der Waals surface area contributed by atoms with Crippen LogP contribution in [0, 0.1) is 0 Å². The first-order valence-electron chi connectivity index (χ1n) is 6.16. The number of benzene rings is 1. The van der Waals surface area contributed by atoms with E-state index >= 15 is 0 Å². The molecule has 0 aliphatic heterocycles. The van der Waals surface area contributed by atoms with Crippen LogP contribution in [0.2, 0.25) is 4.34 Å². The molecule has 4 heteroatoms. The molecule has 1 atom stereocenters. The van der Waals surface area contributed by atoms with Crippen molar-refractivity contribution in [1.29, 1.82) is 0 Å². The maximum absolute atomic E-state index is 12.0. The molecule has 19 heavy (non-hydrogen) atoms. The van der Waals surface area contributed by atoms with E-state index in [1.807, 2.05) is 36.4 Å². The SMILES string of the molecule is CC(CC(=O)Cc1ccc(Cl)s1)c1ccc(N)cc1. The van der Waals surface area contributed by atoms with Crippen LogP contribution in [0.1, 0.15) is 29.7 Å². The standard InChI is InChI=1S/C15H16ClNOS/c1-10(11-2-4-12(17)5-3-11)8-13(18)9-14-6-7-15(16)19-14/h2-7,10H,8-9,17H2,1H3. The third-order valence-electron chi connectivity index (χ3n) is 3.04. The third-order valence-corrected chi connectivity index (χ3v) is 4.27. The Hall–Kier alpha value is -1.32. The molecule has 2 aromatic rings. The van der Waals surface area contributed by atoms with Gasteiger partial charge in [-0.05, 0) is 35.7 Å². The summed E-state index contributed by atoms with van der Waals surface area (Å²) in [4.78, 5) is 13.0. The number of anilines is 1. The Bertz CT molecular complexity index is 562. The van der Waals surface area contributed by atoms with Crippen molar-refractivity contribution in [3.63, 3.8) is 0 Å². The van der Waals surface area contributed by atoms with Crippen LogP contribution >= 0.6 is 22.9 Å². The number of Topliss-reactive ketones (excluding diaryl/α,β-unsaturated/α-hetero) is 1. The predicted molar refractivity (Wildman–Crippen MR) is 81.9 cm³/mol. The molecule has 0 aliphatic rings. The fourth-order valence-corrected chi connectivity index (χ4v) is 3.11. The molecule has 1 aromatic heterocycles. The van der Waals surface area contributed by atoms with E-state index in [0.717, 1.165) is 20.5 Å². The number of carbonyl (C=O) groups excluding carboxylic acids is 1. The average molecular weight is 294 g/mol. The van der Waals surface area contributed by atoms with E-state index in [1.54, 1.807) is 0 Å². The van der Waals surface area contributed by atoms with Crippen molar-refractivity contribution in [2.75, 3.05) is 5.73 Å². The summed E-state index contributed by atoms with van der Waals surface area (Å²) in [6.45, 7) is 2.06. The number of halogens is 1. The van der Waals surface area contributed by atoms with Gasteiger partial charge in [0, 0.05) is 23.4 Å². The second-order valence-electron chi connectivity index (χ2n) is 4.69. The second-order valence-corrected chi connectivity index (χ2v) is 6.49. The predicted octanol–water partition coefficient (Wildman–Crippen LogP) is 4.29. The fraction of sp³-hybridized carbons (Fsp3) is 0.267. The zero-order chi connectivity index (χ0) is 13.8. The van der Waals surface area contributed by atoms with Crippen molar-refractivity contribution in [2.45, 2.75) is 25.7 Å². The van der Waals surface area contributed by atoms with Crippen LogP contribution in [0.3, 0.4) is 0 Å². The highest BCUT2D eigenvalue weighted by molar-refractivity contribution is 7.16. The molecule has 2 nitrogen and oxygen atoms in total. The minimum absolute atomic E-state index is 0.212. The zero-order valence-electron chi connectivity index (χ0n) is 10.7. The molecule has 0 bridgehead atoms. The van der Waals surface area contributed by atoms with Gasteiger partial charge in [-0.2, -0.15) is 0 Å². The van der Waals surface area contributed by atoms with Gasteiger partial charge >= 0.3 is 0 Å². The average Bonchev–Trinajstić information content (AvgIpc) is 2.75.